The average molecular weight is 259 g/mol. The van der Waals surface area contributed by atoms with Crippen molar-refractivity contribution in [2.75, 3.05) is 13.1 Å². The third kappa shape index (κ3) is 2.46. The van der Waals surface area contributed by atoms with Crippen molar-refractivity contribution in [1.29, 1.82) is 0 Å². The Morgan fingerprint density at radius 1 is 1.26 bits per heavy atom. The molecule has 3 nitrogen and oxygen atoms in total. The van der Waals surface area contributed by atoms with Crippen LogP contribution in [0.25, 0.3) is 0 Å². The maximum absolute atomic E-state index is 12.5. The average Bonchev–Trinajstić information content (AvgIpc) is 2.40. The highest BCUT2D eigenvalue weighted by atomic mass is 16.3. The summed E-state index contributed by atoms with van der Waals surface area (Å²) in [5.74, 6) is 1.67. The van der Waals surface area contributed by atoms with Crippen LogP contribution in [0.4, 0.5) is 0 Å². The van der Waals surface area contributed by atoms with Gasteiger partial charge in [0.1, 0.15) is 5.75 Å². The molecule has 3 heteroatoms. The van der Waals surface area contributed by atoms with E-state index in [4.69, 9.17) is 0 Å². The lowest BCUT2D eigenvalue weighted by atomic mass is 9.78. The molecular weight excluding hydrogens is 238 g/mol. The van der Waals surface area contributed by atoms with Gasteiger partial charge in [0.2, 0.25) is 0 Å². The maximum Gasteiger partial charge on any atom is 0.254 e. The van der Waals surface area contributed by atoms with Crippen molar-refractivity contribution in [3.63, 3.8) is 0 Å². The van der Waals surface area contributed by atoms with E-state index >= 15 is 0 Å². The number of carbonyl (C=O) groups excluding carboxylic acids is 1. The number of nitrogens with zero attached hydrogens (tertiary/aromatic N) is 1. The number of fused-ring (bicyclic) bond motifs is 2. The van der Waals surface area contributed by atoms with Crippen molar-refractivity contribution >= 4 is 5.91 Å². The highest BCUT2D eigenvalue weighted by Gasteiger charge is 2.32. The third-order valence-corrected chi connectivity index (χ3v) is 4.59. The van der Waals surface area contributed by atoms with Crippen LogP contribution in [0, 0.1) is 18.8 Å². The number of amides is 1. The fourth-order valence-corrected chi connectivity index (χ4v) is 3.52. The van der Waals surface area contributed by atoms with E-state index in [1.54, 1.807) is 6.07 Å². The SMILES string of the molecule is Cc1ccc(C(=O)N2C[C@H]3CCC[C@@H](C3)C2)cc1O. The Morgan fingerprint density at radius 3 is 2.58 bits per heavy atom. The fourth-order valence-electron chi connectivity index (χ4n) is 3.52. The van der Waals surface area contributed by atoms with Gasteiger partial charge in [0.25, 0.3) is 5.91 Å². The summed E-state index contributed by atoms with van der Waals surface area (Å²) in [5.41, 5.74) is 1.43. The van der Waals surface area contributed by atoms with Gasteiger partial charge >= 0.3 is 0 Å². The van der Waals surface area contributed by atoms with Crippen molar-refractivity contribution in [2.45, 2.75) is 32.6 Å². The van der Waals surface area contributed by atoms with Crippen LogP contribution >= 0.6 is 0 Å². The minimum Gasteiger partial charge on any atom is -0.508 e. The molecule has 102 valence electrons. The van der Waals surface area contributed by atoms with E-state index in [1.165, 1.54) is 25.7 Å². The van der Waals surface area contributed by atoms with Gasteiger partial charge in [-0.3, -0.25) is 4.79 Å². The number of rotatable bonds is 1. The molecule has 0 spiro atoms. The van der Waals surface area contributed by atoms with E-state index in [1.807, 2.05) is 24.0 Å². The summed E-state index contributed by atoms with van der Waals surface area (Å²) in [6.45, 7) is 3.63. The molecular formula is C16H21NO2. The maximum atomic E-state index is 12.5. The Bertz CT molecular complexity index is 486. The Hall–Kier alpha value is -1.51. The normalized spacial score (nSPS) is 26.3. The predicted octanol–water partition coefficient (Wildman–Crippen LogP) is 2.96. The second-order valence-electron chi connectivity index (χ2n) is 6.11. The van der Waals surface area contributed by atoms with Gasteiger partial charge in [0.15, 0.2) is 0 Å². The quantitative estimate of drug-likeness (QED) is 0.842. The highest BCUT2D eigenvalue weighted by molar-refractivity contribution is 5.94. The lowest BCUT2D eigenvalue weighted by Gasteiger charge is -2.41. The number of benzene rings is 1. The van der Waals surface area contributed by atoms with Crippen LogP contribution < -0.4 is 0 Å². The van der Waals surface area contributed by atoms with Gasteiger partial charge in [-0.05, 0) is 55.7 Å². The first-order valence-electron chi connectivity index (χ1n) is 7.22. The number of aromatic hydroxyl groups is 1. The molecule has 1 aromatic rings. The molecule has 1 aliphatic carbocycles. The molecule has 3 rings (SSSR count). The molecule has 2 bridgehead atoms. The number of carbonyl (C=O) groups is 1. The minimum absolute atomic E-state index is 0.0758. The summed E-state index contributed by atoms with van der Waals surface area (Å²) >= 11 is 0. The first-order chi connectivity index (χ1) is 9.13. The van der Waals surface area contributed by atoms with E-state index in [2.05, 4.69) is 0 Å². The zero-order chi connectivity index (χ0) is 13.4. The van der Waals surface area contributed by atoms with E-state index in [0.717, 1.165) is 18.7 Å². The van der Waals surface area contributed by atoms with E-state index in [0.29, 0.717) is 17.4 Å². The lowest BCUT2D eigenvalue weighted by molar-refractivity contribution is 0.0504. The highest BCUT2D eigenvalue weighted by Crippen LogP contribution is 2.35. The molecule has 1 heterocycles. The molecule has 0 unspecified atom stereocenters. The summed E-state index contributed by atoms with van der Waals surface area (Å²) in [6, 6.07) is 5.23. The number of likely N-dealkylation sites (tertiary alicyclic amines) is 1. The largest absolute Gasteiger partial charge is 0.508 e. The molecule has 1 amide bonds. The van der Waals surface area contributed by atoms with Gasteiger partial charge in [0.05, 0.1) is 0 Å². The Morgan fingerprint density at radius 2 is 1.95 bits per heavy atom. The van der Waals surface area contributed by atoms with E-state index in [9.17, 15) is 9.90 Å². The molecule has 0 aromatic heterocycles. The van der Waals surface area contributed by atoms with Crippen molar-refractivity contribution in [2.24, 2.45) is 11.8 Å². The van der Waals surface area contributed by atoms with Crippen LogP contribution in [0.15, 0.2) is 18.2 Å². The van der Waals surface area contributed by atoms with Crippen LogP contribution in [0.5, 0.6) is 5.75 Å². The second-order valence-corrected chi connectivity index (χ2v) is 6.11. The molecule has 1 aromatic carbocycles. The standard InChI is InChI=1S/C16H21NO2/c1-11-5-6-14(8-15(11)18)16(19)17-9-12-3-2-4-13(7-12)10-17/h5-6,8,12-13,18H,2-4,7,9-10H2,1H3/t12-,13-/m0/s1. The molecule has 1 aliphatic heterocycles. The molecule has 2 aliphatic rings. The predicted molar refractivity (Wildman–Crippen MR) is 74.2 cm³/mol. The first kappa shape index (κ1) is 12.5. The molecule has 2 atom stereocenters. The van der Waals surface area contributed by atoms with Crippen molar-refractivity contribution < 1.29 is 9.90 Å². The third-order valence-electron chi connectivity index (χ3n) is 4.59. The van der Waals surface area contributed by atoms with Crippen LogP contribution in [0.2, 0.25) is 0 Å². The van der Waals surface area contributed by atoms with Gasteiger partial charge in [-0.2, -0.15) is 0 Å². The number of phenols is 1. The van der Waals surface area contributed by atoms with Gasteiger partial charge in [0, 0.05) is 18.7 Å². The first-order valence-corrected chi connectivity index (χ1v) is 7.22. The van der Waals surface area contributed by atoms with Crippen LogP contribution in [-0.2, 0) is 0 Å². The van der Waals surface area contributed by atoms with Gasteiger partial charge in [-0.15, -0.1) is 0 Å². The Balaban J connectivity index is 1.78. The zero-order valence-electron chi connectivity index (χ0n) is 11.4. The number of aryl methyl sites for hydroxylation is 1. The van der Waals surface area contributed by atoms with Crippen molar-refractivity contribution in [3.8, 4) is 5.75 Å². The van der Waals surface area contributed by atoms with Crippen LogP contribution in [-0.4, -0.2) is 29.0 Å². The monoisotopic (exact) mass is 259 g/mol. The van der Waals surface area contributed by atoms with Crippen molar-refractivity contribution in [1.82, 2.24) is 4.90 Å². The summed E-state index contributed by atoms with van der Waals surface area (Å²) in [4.78, 5) is 14.5. The zero-order valence-corrected chi connectivity index (χ0v) is 11.4. The van der Waals surface area contributed by atoms with Gasteiger partial charge < -0.3 is 10.0 Å². The number of hydrogen-bond acceptors (Lipinski definition) is 2. The summed E-state index contributed by atoms with van der Waals surface area (Å²) in [6.07, 6.45) is 5.14. The van der Waals surface area contributed by atoms with Crippen molar-refractivity contribution in [3.05, 3.63) is 29.3 Å². The smallest absolute Gasteiger partial charge is 0.254 e. The molecule has 2 fully saturated rings. The van der Waals surface area contributed by atoms with E-state index < -0.39 is 0 Å². The summed E-state index contributed by atoms with van der Waals surface area (Å²) < 4.78 is 0. The molecule has 1 N–H and O–H groups in total. The van der Waals surface area contributed by atoms with Gasteiger partial charge in [-0.1, -0.05) is 12.5 Å². The molecule has 0 radical (unpaired) electrons. The number of piperidine rings is 1. The van der Waals surface area contributed by atoms with Crippen LogP contribution in [0.1, 0.15) is 41.6 Å². The number of hydrogen-bond donors (Lipinski definition) is 1. The Kier molecular flexibility index (Phi) is 3.21. The van der Waals surface area contributed by atoms with E-state index in [-0.39, 0.29) is 11.7 Å². The topological polar surface area (TPSA) is 40.5 Å². The Labute approximate surface area is 114 Å². The lowest BCUT2D eigenvalue weighted by Crippen LogP contribution is -2.45. The summed E-state index contributed by atoms with van der Waals surface area (Å²) in [5, 5.41) is 9.74. The minimum atomic E-state index is 0.0758. The number of phenolic OH excluding ortho intramolecular Hbond substituents is 1. The van der Waals surface area contributed by atoms with Gasteiger partial charge in [-0.25, -0.2) is 0 Å². The molecule has 1 saturated carbocycles. The van der Waals surface area contributed by atoms with Crippen LogP contribution in [0.3, 0.4) is 0 Å². The molecule has 1 saturated heterocycles. The molecule has 19 heavy (non-hydrogen) atoms. The summed E-state index contributed by atoms with van der Waals surface area (Å²) in [7, 11) is 0. The fraction of sp³-hybridized carbons (Fsp3) is 0.562. The second kappa shape index (κ2) is 4.87.